The fourth-order valence-corrected chi connectivity index (χ4v) is 4.86. The van der Waals surface area contributed by atoms with Gasteiger partial charge in [-0.3, -0.25) is 4.79 Å². The number of hydrogen-bond donors (Lipinski definition) is 2. The third-order valence-corrected chi connectivity index (χ3v) is 5.90. The Labute approximate surface area is 143 Å². The molecule has 0 unspecified atom stereocenters. The average molecular weight is 343 g/mol. The minimum Gasteiger partial charge on any atom is -0.454 e. The van der Waals surface area contributed by atoms with Crippen LogP contribution in [0, 0.1) is 0 Å². The van der Waals surface area contributed by atoms with E-state index in [1.54, 1.807) is 11.3 Å². The lowest BCUT2D eigenvalue weighted by atomic mass is 10.0. The number of likely N-dealkylation sites (N-methyl/N-ethyl adjacent to an activating group) is 1. The number of fused-ring (bicyclic) bond motifs is 4. The van der Waals surface area contributed by atoms with Crippen LogP contribution in [0.4, 0.5) is 5.00 Å². The largest absolute Gasteiger partial charge is 0.454 e. The Hall–Kier alpha value is -2.25. The maximum atomic E-state index is 12.7. The summed E-state index contributed by atoms with van der Waals surface area (Å²) in [6, 6.07) is 5.76. The molecule has 0 saturated heterocycles. The van der Waals surface area contributed by atoms with Gasteiger partial charge in [0.1, 0.15) is 11.2 Å². The summed E-state index contributed by atoms with van der Waals surface area (Å²) in [4.78, 5) is 16.3. The van der Waals surface area contributed by atoms with E-state index in [0.29, 0.717) is 0 Å². The van der Waals surface area contributed by atoms with Gasteiger partial charge in [0.25, 0.3) is 5.91 Å². The van der Waals surface area contributed by atoms with Crippen molar-refractivity contribution in [1.82, 2.24) is 10.2 Å². The molecule has 7 heteroatoms. The van der Waals surface area contributed by atoms with E-state index in [1.165, 1.54) is 10.4 Å². The Morgan fingerprint density at radius 2 is 2.12 bits per heavy atom. The number of ether oxygens (including phenoxy) is 2. The summed E-state index contributed by atoms with van der Waals surface area (Å²) >= 11 is 1.70. The van der Waals surface area contributed by atoms with Crippen LogP contribution in [0.3, 0.4) is 0 Å². The van der Waals surface area contributed by atoms with Crippen molar-refractivity contribution in [1.29, 1.82) is 0 Å². The van der Waals surface area contributed by atoms with Crippen molar-refractivity contribution < 1.29 is 14.3 Å². The molecule has 124 valence electrons. The Kier molecular flexibility index (Phi) is 3.01. The van der Waals surface area contributed by atoms with Gasteiger partial charge in [-0.05, 0) is 36.7 Å². The smallest absolute Gasteiger partial charge is 0.256 e. The molecule has 2 aromatic rings. The fraction of sp³-hybridized carbons (Fsp3) is 0.353. The predicted octanol–water partition coefficient (Wildman–Crippen LogP) is 2.32. The van der Waals surface area contributed by atoms with Crippen LogP contribution in [0.2, 0.25) is 0 Å². The van der Waals surface area contributed by atoms with Gasteiger partial charge in [0.2, 0.25) is 6.79 Å². The number of hydrogen-bond acceptors (Lipinski definition) is 6. The molecule has 0 radical (unpaired) electrons. The Morgan fingerprint density at radius 3 is 3.04 bits per heavy atom. The van der Waals surface area contributed by atoms with E-state index < -0.39 is 0 Å². The van der Waals surface area contributed by atoms with Crippen molar-refractivity contribution in [3.8, 4) is 11.5 Å². The highest BCUT2D eigenvalue weighted by Gasteiger charge is 2.33. The number of nitrogens with one attached hydrogen (secondary N) is 2. The van der Waals surface area contributed by atoms with Crippen molar-refractivity contribution in [2.45, 2.75) is 19.1 Å². The van der Waals surface area contributed by atoms with Crippen LogP contribution < -0.4 is 20.1 Å². The van der Waals surface area contributed by atoms with E-state index in [2.05, 4.69) is 22.6 Å². The summed E-state index contributed by atoms with van der Waals surface area (Å²) in [7, 11) is 2.12. The topological polar surface area (TPSA) is 62.8 Å². The van der Waals surface area contributed by atoms with Gasteiger partial charge in [-0.2, -0.15) is 0 Å². The molecule has 0 saturated carbocycles. The highest BCUT2D eigenvalue weighted by molar-refractivity contribution is 7.16. The third kappa shape index (κ3) is 2.08. The van der Waals surface area contributed by atoms with E-state index in [9.17, 15) is 4.79 Å². The van der Waals surface area contributed by atoms with Crippen LogP contribution in [0.15, 0.2) is 18.2 Å². The van der Waals surface area contributed by atoms with Crippen molar-refractivity contribution in [2.75, 3.05) is 25.7 Å². The van der Waals surface area contributed by atoms with E-state index in [0.717, 1.165) is 47.1 Å². The van der Waals surface area contributed by atoms with E-state index in [1.807, 2.05) is 18.2 Å². The maximum Gasteiger partial charge on any atom is 0.256 e. The van der Waals surface area contributed by atoms with Crippen molar-refractivity contribution in [2.24, 2.45) is 0 Å². The number of benzene rings is 1. The average Bonchev–Trinajstić information content (AvgIpc) is 3.17. The molecule has 0 spiro atoms. The number of carbonyl (C=O) groups excluding carboxylic acids is 1. The van der Waals surface area contributed by atoms with Crippen LogP contribution in [-0.4, -0.2) is 31.2 Å². The van der Waals surface area contributed by atoms with Crippen molar-refractivity contribution in [3.63, 3.8) is 0 Å². The van der Waals surface area contributed by atoms with E-state index in [4.69, 9.17) is 9.47 Å². The molecule has 24 heavy (non-hydrogen) atoms. The van der Waals surface area contributed by atoms with Crippen LogP contribution in [0.25, 0.3) is 0 Å². The number of amides is 1. The molecular formula is C17H17N3O3S. The van der Waals surface area contributed by atoms with Gasteiger partial charge in [0, 0.05) is 18.0 Å². The van der Waals surface area contributed by atoms with Crippen LogP contribution >= 0.6 is 11.3 Å². The van der Waals surface area contributed by atoms with Gasteiger partial charge in [0.05, 0.1) is 5.56 Å². The number of rotatable bonds is 1. The molecule has 4 heterocycles. The Balaban J connectivity index is 1.50. The molecule has 1 atom stereocenters. The Bertz CT molecular complexity index is 848. The number of carbonyl (C=O) groups is 1. The summed E-state index contributed by atoms with van der Waals surface area (Å²) < 4.78 is 10.8. The summed E-state index contributed by atoms with van der Waals surface area (Å²) in [6.45, 7) is 2.16. The van der Waals surface area contributed by atoms with Crippen molar-refractivity contribution >= 4 is 22.2 Å². The third-order valence-electron chi connectivity index (χ3n) is 4.76. The first kappa shape index (κ1) is 14.1. The molecule has 2 N–H and O–H groups in total. The highest BCUT2D eigenvalue weighted by atomic mass is 32.1. The normalized spacial score (nSPS) is 21.7. The standard InChI is InChI=1S/C17H17N3O3S/c1-20-5-4-10-13(7-20)24-17-14(10)16(21)18-15(19-17)9-2-3-11-12(6-9)23-8-22-11/h2-3,6,15,19H,4-5,7-8H2,1H3,(H,18,21)/t15-/m0/s1. The van der Waals surface area contributed by atoms with Crippen LogP contribution in [-0.2, 0) is 13.0 Å². The zero-order valence-corrected chi connectivity index (χ0v) is 14.0. The molecule has 1 amide bonds. The predicted molar refractivity (Wildman–Crippen MR) is 90.8 cm³/mol. The fourth-order valence-electron chi connectivity index (χ4n) is 3.50. The second-order valence-electron chi connectivity index (χ2n) is 6.36. The molecule has 1 aromatic carbocycles. The lowest BCUT2D eigenvalue weighted by Crippen LogP contribution is -2.38. The first-order chi connectivity index (χ1) is 11.7. The lowest BCUT2D eigenvalue weighted by molar-refractivity contribution is 0.0934. The first-order valence-electron chi connectivity index (χ1n) is 7.99. The van der Waals surface area contributed by atoms with E-state index in [-0.39, 0.29) is 18.9 Å². The lowest BCUT2D eigenvalue weighted by Gasteiger charge is -2.27. The number of thiophene rings is 1. The summed E-state index contributed by atoms with van der Waals surface area (Å²) in [5.74, 6) is 1.48. The van der Waals surface area contributed by atoms with Gasteiger partial charge in [-0.15, -0.1) is 11.3 Å². The molecule has 5 rings (SSSR count). The zero-order chi connectivity index (χ0) is 16.3. The van der Waals surface area contributed by atoms with Gasteiger partial charge < -0.3 is 25.0 Å². The van der Waals surface area contributed by atoms with Gasteiger partial charge >= 0.3 is 0 Å². The minimum absolute atomic E-state index is 0.00784. The quantitative estimate of drug-likeness (QED) is 0.832. The number of anilines is 1. The molecule has 3 aliphatic heterocycles. The molecule has 1 aromatic heterocycles. The summed E-state index contributed by atoms with van der Waals surface area (Å²) in [5.41, 5.74) is 3.00. The van der Waals surface area contributed by atoms with Gasteiger partial charge in [0.15, 0.2) is 11.5 Å². The molecule has 3 aliphatic rings. The van der Waals surface area contributed by atoms with E-state index >= 15 is 0 Å². The van der Waals surface area contributed by atoms with Gasteiger partial charge in [-0.1, -0.05) is 6.07 Å². The molecular weight excluding hydrogens is 326 g/mol. The number of nitrogens with zero attached hydrogens (tertiary/aromatic N) is 1. The first-order valence-corrected chi connectivity index (χ1v) is 8.81. The monoisotopic (exact) mass is 343 g/mol. The molecule has 6 nitrogen and oxygen atoms in total. The van der Waals surface area contributed by atoms with Crippen molar-refractivity contribution in [3.05, 3.63) is 39.8 Å². The molecule has 0 bridgehead atoms. The van der Waals surface area contributed by atoms with Crippen LogP contribution in [0.5, 0.6) is 11.5 Å². The highest BCUT2D eigenvalue weighted by Crippen LogP contribution is 2.41. The van der Waals surface area contributed by atoms with Gasteiger partial charge in [-0.25, -0.2) is 0 Å². The summed E-state index contributed by atoms with van der Waals surface area (Å²) in [6.07, 6.45) is 0.680. The zero-order valence-electron chi connectivity index (χ0n) is 13.2. The second-order valence-corrected chi connectivity index (χ2v) is 7.46. The van der Waals surface area contributed by atoms with Crippen LogP contribution in [0.1, 0.15) is 32.5 Å². The Morgan fingerprint density at radius 1 is 1.25 bits per heavy atom. The maximum absolute atomic E-state index is 12.7. The summed E-state index contributed by atoms with van der Waals surface area (Å²) in [5, 5.41) is 7.53. The molecule has 0 aliphatic carbocycles. The second kappa shape index (κ2) is 5.12. The molecule has 0 fully saturated rings. The minimum atomic E-state index is -0.252. The SMILES string of the molecule is CN1CCc2c(sc3c2C(=O)N[C@H](c2ccc4c(c2)OCO4)N3)C1.